The summed E-state index contributed by atoms with van der Waals surface area (Å²) in [6.45, 7) is 1.99. The topological polar surface area (TPSA) is 38.9 Å². The van der Waals surface area contributed by atoms with Crippen molar-refractivity contribution in [2.75, 3.05) is 0 Å². The lowest BCUT2D eigenvalue weighted by Gasteiger charge is -1.97. The SMILES string of the molecule is Cc1ccccc1-c1noc(Cl)n1. The zero-order valence-electron chi connectivity index (χ0n) is 6.99. The highest BCUT2D eigenvalue weighted by Crippen LogP contribution is 2.20. The Morgan fingerprint density at radius 3 is 2.69 bits per heavy atom. The predicted octanol–water partition coefficient (Wildman–Crippen LogP) is 2.70. The third-order valence-corrected chi connectivity index (χ3v) is 1.94. The molecule has 0 saturated carbocycles. The van der Waals surface area contributed by atoms with Crippen molar-refractivity contribution in [3.05, 3.63) is 35.2 Å². The Morgan fingerprint density at radius 2 is 2.08 bits per heavy atom. The van der Waals surface area contributed by atoms with Crippen LogP contribution in [0.15, 0.2) is 28.8 Å². The van der Waals surface area contributed by atoms with Crippen molar-refractivity contribution < 1.29 is 4.52 Å². The second-order valence-corrected chi connectivity index (χ2v) is 3.01. The summed E-state index contributed by atoms with van der Waals surface area (Å²) in [6.07, 6.45) is 0. The highest BCUT2D eigenvalue weighted by atomic mass is 35.5. The minimum Gasteiger partial charge on any atom is -0.321 e. The van der Waals surface area contributed by atoms with Gasteiger partial charge >= 0.3 is 5.35 Å². The van der Waals surface area contributed by atoms with E-state index in [1.165, 1.54) is 0 Å². The molecule has 1 aromatic carbocycles. The Labute approximate surface area is 80.3 Å². The fourth-order valence-electron chi connectivity index (χ4n) is 1.14. The van der Waals surface area contributed by atoms with Crippen LogP contribution in [0, 0.1) is 6.92 Å². The lowest BCUT2D eigenvalue weighted by molar-refractivity contribution is 0.421. The van der Waals surface area contributed by atoms with E-state index in [1.54, 1.807) is 0 Å². The first-order valence-electron chi connectivity index (χ1n) is 3.82. The molecular weight excluding hydrogens is 188 g/mol. The molecule has 2 aromatic rings. The van der Waals surface area contributed by atoms with Gasteiger partial charge in [0.2, 0.25) is 5.82 Å². The van der Waals surface area contributed by atoms with Gasteiger partial charge in [-0.25, -0.2) is 0 Å². The van der Waals surface area contributed by atoms with E-state index in [0.29, 0.717) is 5.82 Å². The van der Waals surface area contributed by atoms with Gasteiger partial charge in [0.05, 0.1) is 0 Å². The zero-order valence-corrected chi connectivity index (χ0v) is 7.75. The number of benzene rings is 1. The summed E-state index contributed by atoms with van der Waals surface area (Å²) in [7, 11) is 0. The van der Waals surface area contributed by atoms with Crippen LogP contribution in [0.2, 0.25) is 5.35 Å². The van der Waals surface area contributed by atoms with Crippen LogP contribution in [0.1, 0.15) is 5.56 Å². The third kappa shape index (κ3) is 1.55. The minimum absolute atomic E-state index is 0.0678. The van der Waals surface area contributed by atoms with Crippen LogP contribution in [0.4, 0.5) is 0 Å². The zero-order chi connectivity index (χ0) is 9.26. The van der Waals surface area contributed by atoms with Gasteiger partial charge < -0.3 is 4.52 Å². The number of nitrogens with zero attached hydrogens (tertiary/aromatic N) is 2. The van der Waals surface area contributed by atoms with Gasteiger partial charge in [0.25, 0.3) is 0 Å². The van der Waals surface area contributed by atoms with Crippen LogP contribution in [0.5, 0.6) is 0 Å². The van der Waals surface area contributed by atoms with Crippen molar-refractivity contribution in [3.8, 4) is 11.4 Å². The van der Waals surface area contributed by atoms with Crippen LogP contribution in [0.25, 0.3) is 11.4 Å². The summed E-state index contributed by atoms with van der Waals surface area (Å²) in [5.74, 6) is 0.531. The number of halogens is 1. The van der Waals surface area contributed by atoms with E-state index >= 15 is 0 Å². The van der Waals surface area contributed by atoms with Crippen LogP contribution in [-0.4, -0.2) is 10.1 Å². The second kappa shape index (κ2) is 3.18. The molecule has 13 heavy (non-hydrogen) atoms. The Bertz CT molecular complexity index is 425. The van der Waals surface area contributed by atoms with Gasteiger partial charge in [-0.05, 0) is 24.1 Å². The molecule has 0 unspecified atom stereocenters. The van der Waals surface area contributed by atoms with Gasteiger partial charge in [-0.2, -0.15) is 4.98 Å². The van der Waals surface area contributed by atoms with Crippen molar-refractivity contribution >= 4 is 11.6 Å². The first-order valence-corrected chi connectivity index (χ1v) is 4.20. The molecular formula is C9H7ClN2O. The summed E-state index contributed by atoms with van der Waals surface area (Å²) < 4.78 is 4.68. The molecule has 0 aliphatic rings. The molecule has 0 saturated heterocycles. The smallest absolute Gasteiger partial charge is 0.320 e. The summed E-state index contributed by atoms with van der Waals surface area (Å²) in [5.41, 5.74) is 2.04. The lowest BCUT2D eigenvalue weighted by atomic mass is 10.1. The molecule has 0 aliphatic carbocycles. The monoisotopic (exact) mass is 194 g/mol. The van der Waals surface area contributed by atoms with Crippen molar-refractivity contribution in [2.24, 2.45) is 0 Å². The third-order valence-electron chi connectivity index (χ3n) is 1.79. The maximum absolute atomic E-state index is 5.52. The summed E-state index contributed by atoms with van der Waals surface area (Å²) in [5, 5.41) is 3.80. The van der Waals surface area contributed by atoms with Gasteiger partial charge in [0.15, 0.2) is 0 Å². The van der Waals surface area contributed by atoms with Gasteiger partial charge in [-0.3, -0.25) is 0 Å². The molecule has 0 atom stereocenters. The average Bonchev–Trinajstić information content (AvgIpc) is 2.53. The molecule has 1 aromatic heterocycles. The highest BCUT2D eigenvalue weighted by molar-refractivity contribution is 6.27. The van der Waals surface area contributed by atoms with E-state index in [9.17, 15) is 0 Å². The number of aromatic nitrogens is 2. The molecule has 0 aliphatic heterocycles. The molecule has 66 valence electrons. The first kappa shape index (κ1) is 8.26. The van der Waals surface area contributed by atoms with Crippen LogP contribution < -0.4 is 0 Å². The van der Waals surface area contributed by atoms with Crippen molar-refractivity contribution in [1.29, 1.82) is 0 Å². The molecule has 0 amide bonds. The van der Waals surface area contributed by atoms with Crippen LogP contribution in [0.3, 0.4) is 0 Å². The molecule has 0 radical (unpaired) electrons. The normalized spacial score (nSPS) is 10.3. The maximum atomic E-state index is 5.52. The molecule has 2 rings (SSSR count). The summed E-state index contributed by atoms with van der Waals surface area (Å²) in [6, 6.07) is 7.79. The van der Waals surface area contributed by atoms with Gasteiger partial charge in [-0.15, -0.1) is 0 Å². The highest BCUT2D eigenvalue weighted by Gasteiger charge is 2.07. The van der Waals surface area contributed by atoms with Crippen molar-refractivity contribution in [2.45, 2.75) is 6.92 Å². The Morgan fingerprint density at radius 1 is 1.31 bits per heavy atom. The summed E-state index contributed by atoms with van der Waals surface area (Å²) >= 11 is 5.52. The van der Waals surface area contributed by atoms with Crippen molar-refractivity contribution in [1.82, 2.24) is 10.1 Å². The summed E-state index contributed by atoms with van der Waals surface area (Å²) in [4.78, 5) is 3.93. The van der Waals surface area contributed by atoms with Crippen LogP contribution >= 0.6 is 11.6 Å². The standard InChI is InChI=1S/C9H7ClN2O/c1-6-4-2-3-5-7(6)8-11-9(10)13-12-8/h2-5H,1H3. The first-order chi connectivity index (χ1) is 6.27. The fraction of sp³-hybridized carbons (Fsp3) is 0.111. The molecule has 0 fully saturated rings. The van der Waals surface area contributed by atoms with Gasteiger partial charge in [0.1, 0.15) is 0 Å². The molecule has 0 bridgehead atoms. The second-order valence-electron chi connectivity index (χ2n) is 2.69. The number of aryl methyl sites for hydroxylation is 1. The van der Waals surface area contributed by atoms with E-state index in [1.807, 2.05) is 31.2 Å². The van der Waals surface area contributed by atoms with E-state index < -0.39 is 0 Å². The minimum atomic E-state index is 0.0678. The Balaban J connectivity index is 2.52. The number of hydrogen-bond acceptors (Lipinski definition) is 3. The maximum Gasteiger partial charge on any atom is 0.320 e. The van der Waals surface area contributed by atoms with Crippen molar-refractivity contribution in [3.63, 3.8) is 0 Å². The lowest BCUT2D eigenvalue weighted by Crippen LogP contribution is -1.83. The van der Waals surface area contributed by atoms with E-state index in [4.69, 9.17) is 11.6 Å². The van der Waals surface area contributed by atoms with E-state index in [0.717, 1.165) is 11.1 Å². The number of rotatable bonds is 1. The molecule has 4 heteroatoms. The van der Waals surface area contributed by atoms with Crippen LogP contribution in [-0.2, 0) is 0 Å². The quantitative estimate of drug-likeness (QED) is 0.701. The van der Waals surface area contributed by atoms with Gasteiger partial charge in [0, 0.05) is 5.56 Å². The Kier molecular flexibility index (Phi) is 2.02. The molecule has 0 spiro atoms. The van der Waals surface area contributed by atoms with E-state index in [-0.39, 0.29) is 5.35 Å². The predicted molar refractivity (Wildman–Crippen MR) is 49.5 cm³/mol. The molecule has 1 heterocycles. The number of hydrogen-bond donors (Lipinski definition) is 0. The fourth-order valence-corrected chi connectivity index (χ4v) is 1.25. The molecule has 3 nitrogen and oxygen atoms in total. The largest absolute Gasteiger partial charge is 0.321 e. The molecule has 0 N–H and O–H groups in total. The van der Waals surface area contributed by atoms with E-state index in [2.05, 4.69) is 14.7 Å². The Hall–Kier alpha value is -1.35. The van der Waals surface area contributed by atoms with Gasteiger partial charge in [-0.1, -0.05) is 29.4 Å². The average molecular weight is 195 g/mol.